The van der Waals surface area contributed by atoms with E-state index in [2.05, 4.69) is 69.4 Å². The molecule has 0 radical (unpaired) electrons. The van der Waals surface area contributed by atoms with Crippen molar-refractivity contribution >= 4 is 38.3 Å². The van der Waals surface area contributed by atoms with Gasteiger partial charge in [-0.25, -0.2) is 9.97 Å². The first-order valence-electron chi connectivity index (χ1n) is 12.3. The Bertz CT molecular complexity index is 1440. The van der Waals surface area contributed by atoms with Crippen LogP contribution in [0.4, 0.5) is 16.8 Å². The van der Waals surface area contributed by atoms with E-state index in [-0.39, 0.29) is 6.10 Å². The summed E-state index contributed by atoms with van der Waals surface area (Å²) in [4.78, 5) is 9.67. The highest BCUT2D eigenvalue weighted by molar-refractivity contribution is 7.22. The monoisotopic (exact) mass is 496 g/mol. The lowest BCUT2D eigenvalue weighted by molar-refractivity contribution is 0.126. The number of aromatic amines is 1. The number of pyridine rings is 1. The number of fused-ring (bicyclic) bond motifs is 1. The molecule has 182 valence electrons. The van der Waals surface area contributed by atoms with Crippen LogP contribution < -0.4 is 10.6 Å². The molecule has 1 fully saturated rings. The predicted molar refractivity (Wildman–Crippen MR) is 146 cm³/mol. The molecule has 0 unspecified atom stereocenters. The third-order valence-corrected chi connectivity index (χ3v) is 7.57. The van der Waals surface area contributed by atoms with Gasteiger partial charge in [-0.2, -0.15) is 5.10 Å². The molecule has 36 heavy (non-hydrogen) atoms. The zero-order valence-corrected chi connectivity index (χ0v) is 20.6. The molecule has 6 rings (SSSR count). The van der Waals surface area contributed by atoms with Crippen molar-refractivity contribution in [2.75, 3.05) is 10.6 Å². The molecule has 7 nitrogen and oxygen atoms in total. The van der Waals surface area contributed by atoms with Crippen LogP contribution in [0.1, 0.15) is 36.8 Å². The number of rotatable bonds is 7. The topological polar surface area (TPSA) is 98.7 Å². The molecule has 0 atom stereocenters. The SMILES string of the molecule is OC1CCC(Nc2cc(Cc3ccccc3)cc(Nc3nc4ccc(-c5cn[nH]c5)cc4s3)n2)CC1. The average Bonchev–Trinajstić information content (AvgIpc) is 3.55. The highest BCUT2D eigenvalue weighted by atomic mass is 32.1. The summed E-state index contributed by atoms with van der Waals surface area (Å²) < 4.78 is 1.11. The first-order chi connectivity index (χ1) is 17.7. The summed E-state index contributed by atoms with van der Waals surface area (Å²) in [5, 5.41) is 24.7. The Hall–Kier alpha value is -3.75. The molecule has 3 heterocycles. The van der Waals surface area contributed by atoms with E-state index in [9.17, 15) is 5.11 Å². The number of aliphatic hydroxyl groups is 1. The van der Waals surface area contributed by atoms with Gasteiger partial charge >= 0.3 is 0 Å². The molecule has 1 aliphatic rings. The molecule has 1 saturated carbocycles. The van der Waals surface area contributed by atoms with Crippen molar-refractivity contribution in [3.8, 4) is 11.1 Å². The first-order valence-corrected chi connectivity index (χ1v) is 13.2. The number of nitrogens with zero attached hydrogens (tertiary/aromatic N) is 3. The third kappa shape index (κ3) is 5.24. The average molecular weight is 497 g/mol. The summed E-state index contributed by atoms with van der Waals surface area (Å²) in [6.45, 7) is 0. The molecule has 1 aliphatic carbocycles. The second-order valence-electron chi connectivity index (χ2n) is 9.37. The third-order valence-electron chi connectivity index (χ3n) is 6.64. The standard InChI is InChI=1S/C28H28N6OS/c35-23-9-7-22(8-10-23)31-26-13-19(12-18-4-2-1-3-5-18)14-27(33-26)34-28-32-24-11-6-20(15-25(24)36-28)21-16-29-30-17-21/h1-6,11,13-17,22-23,35H,7-10,12H2,(H,29,30)(H2,31,32,33,34). The lowest BCUT2D eigenvalue weighted by atomic mass is 9.93. The summed E-state index contributed by atoms with van der Waals surface area (Å²) in [7, 11) is 0. The van der Waals surface area contributed by atoms with E-state index in [1.54, 1.807) is 11.3 Å². The molecule has 3 aromatic heterocycles. The summed E-state index contributed by atoms with van der Waals surface area (Å²) >= 11 is 1.61. The van der Waals surface area contributed by atoms with Crippen LogP contribution in [0.25, 0.3) is 21.3 Å². The van der Waals surface area contributed by atoms with Crippen LogP contribution >= 0.6 is 11.3 Å². The maximum Gasteiger partial charge on any atom is 0.189 e. The van der Waals surface area contributed by atoms with E-state index in [4.69, 9.17) is 9.97 Å². The van der Waals surface area contributed by atoms with E-state index in [1.165, 1.54) is 11.1 Å². The van der Waals surface area contributed by atoms with Crippen LogP contribution in [0.2, 0.25) is 0 Å². The molecule has 0 spiro atoms. The maximum atomic E-state index is 9.88. The van der Waals surface area contributed by atoms with Crippen molar-refractivity contribution in [2.24, 2.45) is 0 Å². The smallest absolute Gasteiger partial charge is 0.189 e. The second kappa shape index (κ2) is 10.1. The fourth-order valence-electron chi connectivity index (χ4n) is 4.76. The normalized spacial score (nSPS) is 17.8. The van der Waals surface area contributed by atoms with Crippen molar-refractivity contribution < 1.29 is 5.11 Å². The van der Waals surface area contributed by atoms with Gasteiger partial charge < -0.3 is 15.7 Å². The van der Waals surface area contributed by atoms with E-state index < -0.39 is 0 Å². The van der Waals surface area contributed by atoms with Crippen LogP contribution in [-0.4, -0.2) is 37.4 Å². The van der Waals surface area contributed by atoms with Crippen molar-refractivity contribution in [2.45, 2.75) is 44.2 Å². The first kappa shape index (κ1) is 22.7. The number of nitrogens with one attached hydrogen (secondary N) is 3. The zero-order chi connectivity index (χ0) is 24.3. The van der Waals surface area contributed by atoms with Gasteiger partial charge in [-0.05, 0) is 73.1 Å². The summed E-state index contributed by atoms with van der Waals surface area (Å²) in [6, 6.07) is 21.3. The Balaban J connectivity index is 1.27. The van der Waals surface area contributed by atoms with Gasteiger partial charge in [0, 0.05) is 17.8 Å². The van der Waals surface area contributed by atoms with Crippen LogP contribution in [0.15, 0.2) is 73.1 Å². The minimum atomic E-state index is -0.175. The van der Waals surface area contributed by atoms with Crippen molar-refractivity contribution in [1.82, 2.24) is 20.2 Å². The van der Waals surface area contributed by atoms with Gasteiger partial charge in [0.1, 0.15) is 11.6 Å². The van der Waals surface area contributed by atoms with Gasteiger partial charge in [0.05, 0.1) is 22.5 Å². The number of benzene rings is 2. The minimum absolute atomic E-state index is 0.175. The molecule has 4 N–H and O–H groups in total. The number of hydrogen-bond donors (Lipinski definition) is 4. The highest BCUT2D eigenvalue weighted by Crippen LogP contribution is 2.32. The van der Waals surface area contributed by atoms with Crippen molar-refractivity contribution in [3.63, 3.8) is 0 Å². The number of anilines is 3. The predicted octanol–water partition coefficient (Wildman–Crippen LogP) is 6.13. The number of thiazole rings is 1. The number of aromatic nitrogens is 4. The maximum absolute atomic E-state index is 9.88. The largest absolute Gasteiger partial charge is 0.393 e. The molecule has 2 aromatic carbocycles. The Kier molecular flexibility index (Phi) is 6.36. The van der Waals surface area contributed by atoms with Gasteiger partial charge in [0.2, 0.25) is 0 Å². The molecule has 0 saturated heterocycles. The lowest BCUT2D eigenvalue weighted by Crippen LogP contribution is -2.28. The van der Waals surface area contributed by atoms with Crippen LogP contribution in [-0.2, 0) is 6.42 Å². The van der Waals surface area contributed by atoms with Gasteiger partial charge in [-0.1, -0.05) is 47.7 Å². The molecule has 0 amide bonds. The second-order valence-corrected chi connectivity index (χ2v) is 10.4. The summed E-state index contributed by atoms with van der Waals surface area (Å²) in [5.41, 5.74) is 5.56. The Morgan fingerprint density at radius 2 is 1.72 bits per heavy atom. The molecular formula is C28H28N6OS. The van der Waals surface area contributed by atoms with Crippen molar-refractivity contribution in [1.29, 1.82) is 0 Å². The molecule has 5 aromatic rings. The fraction of sp³-hybridized carbons (Fsp3) is 0.250. The Morgan fingerprint density at radius 1 is 0.889 bits per heavy atom. The van der Waals surface area contributed by atoms with Crippen LogP contribution in [0.5, 0.6) is 0 Å². The quantitative estimate of drug-likeness (QED) is 0.216. The van der Waals surface area contributed by atoms with Crippen molar-refractivity contribution in [3.05, 3.63) is 84.2 Å². The fourth-order valence-corrected chi connectivity index (χ4v) is 5.68. The van der Waals surface area contributed by atoms with Gasteiger partial charge in [0.15, 0.2) is 5.13 Å². The number of H-pyrrole nitrogens is 1. The van der Waals surface area contributed by atoms with Gasteiger partial charge in [0.25, 0.3) is 0 Å². The van der Waals surface area contributed by atoms with E-state index in [0.29, 0.717) is 6.04 Å². The minimum Gasteiger partial charge on any atom is -0.393 e. The van der Waals surface area contributed by atoms with E-state index in [0.717, 1.165) is 70.2 Å². The molecule has 0 bridgehead atoms. The number of aliphatic hydroxyl groups excluding tert-OH is 1. The highest BCUT2D eigenvalue weighted by Gasteiger charge is 2.20. The number of hydrogen-bond acceptors (Lipinski definition) is 7. The Morgan fingerprint density at radius 3 is 2.53 bits per heavy atom. The van der Waals surface area contributed by atoms with E-state index in [1.807, 2.05) is 24.5 Å². The van der Waals surface area contributed by atoms with Crippen LogP contribution in [0.3, 0.4) is 0 Å². The summed E-state index contributed by atoms with van der Waals surface area (Å²) in [5.74, 6) is 1.63. The van der Waals surface area contributed by atoms with Gasteiger partial charge in [-0.15, -0.1) is 0 Å². The zero-order valence-electron chi connectivity index (χ0n) is 19.8. The van der Waals surface area contributed by atoms with Crippen LogP contribution in [0, 0.1) is 0 Å². The van der Waals surface area contributed by atoms with Gasteiger partial charge in [-0.3, -0.25) is 5.10 Å². The molecule has 0 aliphatic heterocycles. The molecule has 8 heteroatoms. The van der Waals surface area contributed by atoms with E-state index >= 15 is 0 Å². The lowest BCUT2D eigenvalue weighted by Gasteiger charge is -2.27. The molecular weight excluding hydrogens is 468 g/mol. The summed E-state index contributed by atoms with van der Waals surface area (Å²) in [6.07, 6.45) is 7.93. The Labute approximate surface area is 213 Å².